The third kappa shape index (κ3) is 40.1. The zero-order valence-corrected chi connectivity index (χ0v) is 10.1. The fourth-order valence-electron chi connectivity index (χ4n) is 0.612. The molecule has 14 heavy (non-hydrogen) atoms. The third-order valence-corrected chi connectivity index (χ3v) is 1.22. The van der Waals surface area contributed by atoms with Crippen molar-refractivity contribution in [1.82, 2.24) is 0 Å². The molecule has 0 aliphatic rings. The summed E-state index contributed by atoms with van der Waals surface area (Å²) in [6.45, 7) is 9.76. The zero-order chi connectivity index (χ0) is 12.1. The molecule has 92 valence electrons. The van der Waals surface area contributed by atoms with Gasteiger partial charge in [-0.3, -0.25) is 0 Å². The maximum atomic E-state index is 9.91. The molecule has 0 aliphatic carbocycles. The molecule has 0 saturated carbocycles. The number of hydrogen-bond acceptors (Lipinski definition) is 0. The SMILES string of the molecule is CC[O+](CC)CC.F[As-](F)(F)(F)(F)F. The molecular formula is C6H15AsF6O. The van der Waals surface area contributed by atoms with Crippen LogP contribution in [0.2, 0.25) is 0 Å². The van der Waals surface area contributed by atoms with E-state index in [0.29, 0.717) is 0 Å². The fraction of sp³-hybridized carbons (Fsp3) is 1.00. The van der Waals surface area contributed by atoms with Crippen LogP contribution in [0.3, 0.4) is 0 Å². The van der Waals surface area contributed by atoms with Gasteiger partial charge in [0.05, 0.1) is 0 Å². The van der Waals surface area contributed by atoms with E-state index in [9.17, 15) is 20.8 Å². The van der Waals surface area contributed by atoms with Gasteiger partial charge in [-0.2, -0.15) is 0 Å². The van der Waals surface area contributed by atoms with Crippen LogP contribution in [0.1, 0.15) is 20.8 Å². The Bertz CT molecular complexity index is 139. The van der Waals surface area contributed by atoms with Gasteiger partial charge in [0.2, 0.25) is 0 Å². The van der Waals surface area contributed by atoms with Crippen LogP contribution in [0.15, 0.2) is 0 Å². The van der Waals surface area contributed by atoms with Crippen LogP contribution >= 0.6 is 0 Å². The average Bonchev–Trinajstić information content (AvgIpc) is 1.84. The quantitative estimate of drug-likeness (QED) is 0.423. The molecule has 0 heterocycles. The van der Waals surface area contributed by atoms with E-state index in [4.69, 9.17) is 0 Å². The molecule has 0 radical (unpaired) electrons. The monoisotopic (exact) mass is 292 g/mol. The second kappa shape index (κ2) is 4.31. The molecule has 0 fully saturated rings. The van der Waals surface area contributed by atoms with Gasteiger partial charge in [-0.1, -0.05) is 0 Å². The number of hydrogen-bond donors (Lipinski definition) is 0. The zero-order valence-electron chi connectivity index (χ0n) is 8.24. The summed E-state index contributed by atoms with van der Waals surface area (Å²) in [5.74, 6) is 0. The van der Waals surface area contributed by atoms with Crippen molar-refractivity contribution in [1.29, 1.82) is 0 Å². The van der Waals surface area contributed by atoms with E-state index in [1.54, 1.807) is 0 Å². The predicted molar refractivity (Wildman–Crippen MR) is 45.1 cm³/mol. The maximum absolute atomic E-state index is 11.1. The summed E-state index contributed by atoms with van der Waals surface area (Å²) in [5.41, 5.74) is 0. The standard InChI is InChI=1S/C6H15O.AsF6/c1-4-7(5-2)6-3;2-1(3,4,5,6)7/h4-6H2,1-3H3;/q+1;-1. The van der Waals surface area contributed by atoms with Crippen molar-refractivity contribution in [2.24, 2.45) is 0 Å². The number of halogens is 6. The summed E-state index contributed by atoms with van der Waals surface area (Å²) in [5, 5.41) is 0. The van der Waals surface area contributed by atoms with Gasteiger partial charge < -0.3 is 4.37 Å². The molecular weight excluding hydrogens is 277 g/mol. The van der Waals surface area contributed by atoms with Crippen LogP contribution < -0.4 is 0 Å². The van der Waals surface area contributed by atoms with E-state index in [-0.39, 0.29) is 0 Å². The molecule has 0 saturated heterocycles. The first-order valence-electron chi connectivity index (χ1n) is 4.00. The van der Waals surface area contributed by atoms with Crippen molar-refractivity contribution < 1.29 is 25.2 Å². The fourth-order valence-corrected chi connectivity index (χ4v) is 0.612. The summed E-state index contributed by atoms with van der Waals surface area (Å²) >= 11 is -11.1. The Kier molecular flexibility index (Phi) is 5.08. The predicted octanol–water partition coefficient (Wildman–Crippen LogP) is 3.74. The molecule has 0 rings (SSSR count). The first kappa shape index (κ1) is 16.5. The molecule has 0 aromatic carbocycles. The van der Waals surface area contributed by atoms with Gasteiger partial charge in [0.15, 0.2) is 0 Å². The molecule has 1 nitrogen and oxygen atoms in total. The van der Waals surface area contributed by atoms with Crippen molar-refractivity contribution in [2.75, 3.05) is 19.8 Å². The normalized spacial score (nSPS) is 16.7. The average molecular weight is 292 g/mol. The van der Waals surface area contributed by atoms with Crippen molar-refractivity contribution >= 4 is 14.2 Å². The topological polar surface area (TPSA) is 2.70 Å². The minimum absolute atomic E-state index is 1.10. The molecule has 0 bridgehead atoms. The third-order valence-electron chi connectivity index (χ3n) is 1.22. The Hall–Kier alpha value is 0.0984. The van der Waals surface area contributed by atoms with E-state index in [2.05, 4.69) is 25.1 Å². The summed E-state index contributed by atoms with van der Waals surface area (Å²) < 4.78 is 62.5. The molecule has 8 heteroatoms. The molecule has 0 N–H and O–H groups in total. The Labute approximate surface area is 80.6 Å². The molecule has 0 aromatic rings. The Morgan fingerprint density at radius 1 is 0.714 bits per heavy atom. The molecule has 0 atom stereocenters. The van der Waals surface area contributed by atoms with Crippen LogP contribution in [0.25, 0.3) is 0 Å². The van der Waals surface area contributed by atoms with Gasteiger partial charge >= 0.3 is 35.0 Å². The van der Waals surface area contributed by atoms with Gasteiger partial charge in [-0.05, 0) is 0 Å². The van der Waals surface area contributed by atoms with Crippen molar-refractivity contribution in [3.63, 3.8) is 0 Å². The second-order valence-corrected chi connectivity index (χ2v) is 6.46. The van der Waals surface area contributed by atoms with Crippen LogP contribution in [0.5, 0.6) is 0 Å². The Morgan fingerprint density at radius 3 is 0.857 bits per heavy atom. The van der Waals surface area contributed by atoms with E-state index in [1.165, 1.54) is 0 Å². The minimum atomic E-state index is -11.1. The summed E-state index contributed by atoms with van der Waals surface area (Å²) in [4.78, 5) is 0. The van der Waals surface area contributed by atoms with Crippen LogP contribution in [0.4, 0.5) is 20.8 Å². The van der Waals surface area contributed by atoms with Crippen molar-refractivity contribution in [3.8, 4) is 0 Å². The van der Waals surface area contributed by atoms with E-state index in [0.717, 1.165) is 19.8 Å². The Balaban J connectivity index is 0. The van der Waals surface area contributed by atoms with Gasteiger partial charge in [-0.25, -0.2) is 0 Å². The van der Waals surface area contributed by atoms with Crippen LogP contribution in [0, 0.1) is 0 Å². The van der Waals surface area contributed by atoms with Crippen LogP contribution in [-0.2, 0) is 4.37 Å². The van der Waals surface area contributed by atoms with Crippen molar-refractivity contribution in [2.45, 2.75) is 20.8 Å². The van der Waals surface area contributed by atoms with Crippen molar-refractivity contribution in [3.05, 3.63) is 0 Å². The van der Waals surface area contributed by atoms with Gasteiger partial charge in [0.25, 0.3) is 0 Å². The summed E-state index contributed by atoms with van der Waals surface area (Å²) in [7, 11) is 0. The van der Waals surface area contributed by atoms with Gasteiger partial charge in [-0.15, -0.1) is 0 Å². The molecule has 0 amide bonds. The van der Waals surface area contributed by atoms with Gasteiger partial charge in [0.1, 0.15) is 19.8 Å². The van der Waals surface area contributed by atoms with Gasteiger partial charge in [0, 0.05) is 20.8 Å². The summed E-state index contributed by atoms with van der Waals surface area (Å²) in [6.07, 6.45) is 0. The molecule has 0 aromatic heterocycles. The molecule has 0 aliphatic heterocycles. The Morgan fingerprint density at radius 2 is 0.857 bits per heavy atom. The second-order valence-electron chi connectivity index (χ2n) is 2.44. The summed E-state index contributed by atoms with van der Waals surface area (Å²) in [6, 6.07) is 0. The van der Waals surface area contributed by atoms with E-state index >= 15 is 0 Å². The van der Waals surface area contributed by atoms with Crippen LogP contribution in [-0.4, -0.2) is 34.0 Å². The van der Waals surface area contributed by atoms with E-state index < -0.39 is 14.2 Å². The molecule has 0 unspecified atom stereocenters. The first-order chi connectivity index (χ1) is 5.80. The number of rotatable bonds is 3. The van der Waals surface area contributed by atoms with E-state index in [1.807, 2.05) is 0 Å². The first-order valence-corrected chi connectivity index (χ1v) is 8.26. The molecule has 0 spiro atoms.